The summed E-state index contributed by atoms with van der Waals surface area (Å²) in [5.74, 6) is -0.461. The molecule has 8 heteroatoms. The lowest BCUT2D eigenvalue weighted by Gasteiger charge is -2.34. The molecule has 1 fully saturated rings. The number of benzene rings is 1. The van der Waals surface area contributed by atoms with Gasteiger partial charge in [0.25, 0.3) is 0 Å². The van der Waals surface area contributed by atoms with Crippen LogP contribution >= 0.6 is 11.6 Å². The fourth-order valence-electron chi connectivity index (χ4n) is 2.43. The van der Waals surface area contributed by atoms with Crippen molar-refractivity contribution < 1.29 is 18.7 Å². The Morgan fingerprint density at radius 1 is 1.25 bits per heavy atom. The van der Waals surface area contributed by atoms with Gasteiger partial charge in [0.2, 0.25) is 5.91 Å². The lowest BCUT2D eigenvalue weighted by molar-refractivity contribution is -0.132. The molecule has 0 unspecified atom stereocenters. The fraction of sp³-hybridized carbons (Fsp3) is 0.500. The van der Waals surface area contributed by atoms with Gasteiger partial charge in [0.1, 0.15) is 5.82 Å². The van der Waals surface area contributed by atoms with E-state index in [1.165, 1.54) is 12.1 Å². The Balaban J connectivity index is 1.72. The van der Waals surface area contributed by atoms with Crippen LogP contribution in [-0.4, -0.2) is 61.1 Å². The van der Waals surface area contributed by atoms with Gasteiger partial charge >= 0.3 is 6.09 Å². The number of ether oxygens (including phenoxy) is 1. The molecule has 1 aromatic carbocycles. The van der Waals surface area contributed by atoms with Crippen molar-refractivity contribution in [2.24, 2.45) is 0 Å². The van der Waals surface area contributed by atoms with Crippen molar-refractivity contribution in [2.75, 3.05) is 44.6 Å². The first kappa shape index (κ1) is 18.3. The molecule has 1 heterocycles. The molecule has 1 aliphatic heterocycles. The molecule has 0 atom stereocenters. The minimum absolute atomic E-state index is 0.0132. The first-order valence-corrected chi connectivity index (χ1v) is 8.27. The van der Waals surface area contributed by atoms with Gasteiger partial charge in [-0.15, -0.1) is 0 Å². The second-order valence-corrected chi connectivity index (χ2v) is 5.78. The third-order valence-electron chi connectivity index (χ3n) is 3.75. The normalized spacial score (nSPS) is 14.5. The molecule has 0 spiro atoms. The van der Waals surface area contributed by atoms with E-state index in [0.29, 0.717) is 51.4 Å². The minimum atomic E-state index is -0.474. The average Bonchev–Trinajstić information content (AvgIpc) is 2.58. The number of carbonyl (C=O) groups is 2. The van der Waals surface area contributed by atoms with E-state index in [4.69, 9.17) is 16.3 Å². The Morgan fingerprint density at radius 2 is 1.92 bits per heavy atom. The van der Waals surface area contributed by atoms with E-state index in [1.807, 2.05) is 0 Å². The SMILES string of the molecule is CCOC(=O)N1CCN(C(=O)CCNc2ccc(F)c(Cl)c2)CC1. The summed E-state index contributed by atoms with van der Waals surface area (Å²) in [6.45, 7) is 4.49. The average molecular weight is 358 g/mol. The molecular weight excluding hydrogens is 337 g/mol. The van der Waals surface area contributed by atoms with E-state index >= 15 is 0 Å². The van der Waals surface area contributed by atoms with Crippen LogP contribution in [0.3, 0.4) is 0 Å². The highest BCUT2D eigenvalue weighted by atomic mass is 35.5. The molecule has 1 aliphatic rings. The van der Waals surface area contributed by atoms with Crippen LogP contribution in [0.1, 0.15) is 13.3 Å². The van der Waals surface area contributed by atoms with Gasteiger partial charge < -0.3 is 19.9 Å². The van der Waals surface area contributed by atoms with Crippen molar-refractivity contribution in [3.05, 3.63) is 29.0 Å². The Hall–Kier alpha value is -2.02. The maximum absolute atomic E-state index is 13.1. The van der Waals surface area contributed by atoms with Crippen LogP contribution in [0.15, 0.2) is 18.2 Å². The number of nitrogens with zero attached hydrogens (tertiary/aromatic N) is 2. The molecule has 6 nitrogen and oxygen atoms in total. The van der Waals surface area contributed by atoms with E-state index in [9.17, 15) is 14.0 Å². The largest absolute Gasteiger partial charge is 0.450 e. The molecule has 0 bridgehead atoms. The summed E-state index contributed by atoms with van der Waals surface area (Å²) in [6.07, 6.45) is -0.0199. The quantitative estimate of drug-likeness (QED) is 0.879. The minimum Gasteiger partial charge on any atom is -0.450 e. The molecule has 2 rings (SSSR count). The van der Waals surface area contributed by atoms with Gasteiger partial charge in [0, 0.05) is 44.8 Å². The van der Waals surface area contributed by atoms with Crippen LogP contribution in [0.2, 0.25) is 5.02 Å². The topological polar surface area (TPSA) is 61.9 Å². The van der Waals surface area contributed by atoms with E-state index in [-0.39, 0.29) is 17.0 Å². The highest BCUT2D eigenvalue weighted by Gasteiger charge is 2.24. The van der Waals surface area contributed by atoms with Gasteiger partial charge in [0.15, 0.2) is 0 Å². The summed E-state index contributed by atoms with van der Waals surface area (Å²) in [5, 5.41) is 3.09. The van der Waals surface area contributed by atoms with E-state index in [1.54, 1.807) is 22.8 Å². The second kappa shape index (κ2) is 8.73. The molecule has 0 aliphatic carbocycles. The summed E-state index contributed by atoms with van der Waals surface area (Å²) in [4.78, 5) is 27.1. The van der Waals surface area contributed by atoms with Crippen LogP contribution in [0.25, 0.3) is 0 Å². The third-order valence-corrected chi connectivity index (χ3v) is 4.04. The molecule has 0 aromatic heterocycles. The van der Waals surface area contributed by atoms with Gasteiger partial charge in [-0.3, -0.25) is 4.79 Å². The number of piperazine rings is 1. The predicted octanol–water partition coefficient (Wildman–Crippen LogP) is 2.58. The van der Waals surface area contributed by atoms with Crippen LogP contribution in [-0.2, 0) is 9.53 Å². The fourth-order valence-corrected chi connectivity index (χ4v) is 2.61. The molecule has 0 saturated carbocycles. The van der Waals surface area contributed by atoms with Gasteiger partial charge in [-0.2, -0.15) is 0 Å². The van der Waals surface area contributed by atoms with Gasteiger partial charge in [-0.05, 0) is 25.1 Å². The predicted molar refractivity (Wildman–Crippen MR) is 89.7 cm³/mol. The Morgan fingerprint density at radius 3 is 2.54 bits per heavy atom. The number of carbonyl (C=O) groups excluding carboxylic acids is 2. The monoisotopic (exact) mass is 357 g/mol. The zero-order valence-corrected chi connectivity index (χ0v) is 14.3. The van der Waals surface area contributed by atoms with Crippen LogP contribution in [0.4, 0.5) is 14.9 Å². The molecule has 132 valence electrons. The van der Waals surface area contributed by atoms with Crippen molar-refractivity contribution >= 4 is 29.3 Å². The molecule has 0 radical (unpaired) electrons. The maximum atomic E-state index is 13.1. The first-order valence-electron chi connectivity index (χ1n) is 7.89. The molecular formula is C16H21ClFN3O3. The zero-order valence-electron chi connectivity index (χ0n) is 13.6. The third kappa shape index (κ3) is 4.99. The first-order chi connectivity index (χ1) is 11.5. The van der Waals surface area contributed by atoms with Gasteiger partial charge in [-0.1, -0.05) is 11.6 Å². The lowest BCUT2D eigenvalue weighted by Crippen LogP contribution is -2.50. The maximum Gasteiger partial charge on any atom is 0.409 e. The molecule has 24 heavy (non-hydrogen) atoms. The van der Waals surface area contributed by atoms with Crippen molar-refractivity contribution in [1.82, 2.24) is 9.80 Å². The van der Waals surface area contributed by atoms with Crippen molar-refractivity contribution in [3.8, 4) is 0 Å². The zero-order chi connectivity index (χ0) is 17.5. The Labute approximate surface area is 145 Å². The number of amides is 2. The standard InChI is InChI=1S/C16H21ClFN3O3/c1-2-24-16(23)21-9-7-20(8-10-21)15(22)5-6-19-12-3-4-14(18)13(17)11-12/h3-4,11,19H,2,5-10H2,1H3. The smallest absolute Gasteiger partial charge is 0.409 e. The van der Waals surface area contributed by atoms with E-state index in [2.05, 4.69) is 5.32 Å². The van der Waals surface area contributed by atoms with Crippen molar-refractivity contribution in [1.29, 1.82) is 0 Å². The number of halogens is 2. The Bertz CT molecular complexity index is 592. The van der Waals surface area contributed by atoms with Crippen molar-refractivity contribution in [3.63, 3.8) is 0 Å². The van der Waals surface area contributed by atoms with Crippen molar-refractivity contribution in [2.45, 2.75) is 13.3 Å². The van der Waals surface area contributed by atoms with Gasteiger partial charge in [-0.25, -0.2) is 9.18 Å². The van der Waals surface area contributed by atoms with Crippen LogP contribution < -0.4 is 5.32 Å². The summed E-state index contributed by atoms with van der Waals surface area (Å²) >= 11 is 5.71. The number of hydrogen-bond donors (Lipinski definition) is 1. The molecule has 1 saturated heterocycles. The number of nitrogens with one attached hydrogen (secondary N) is 1. The summed E-state index contributed by atoms with van der Waals surface area (Å²) in [7, 11) is 0. The lowest BCUT2D eigenvalue weighted by atomic mass is 10.2. The van der Waals surface area contributed by atoms with Crippen LogP contribution in [0, 0.1) is 5.82 Å². The highest BCUT2D eigenvalue weighted by molar-refractivity contribution is 6.31. The Kier molecular flexibility index (Phi) is 6.66. The number of anilines is 1. The molecule has 2 amide bonds. The van der Waals surface area contributed by atoms with Gasteiger partial charge in [0.05, 0.1) is 11.6 Å². The second-order valence-electron chi connectivity index (χ2n) is 5.37. The van der Waals surface area contributed by atoms with Crippen LogP contribution in [0.5, 0.6) is 0 Å². The van der Waals surface area contributed by atoms with E-state index < -0.39 is 5.82 Å². The number of hydrogen-bond acceptors (Lipinski definition) is 4. The highest BCUT2D eigenvalue weighted by Crippen LogP contribution is 2.19. The molecule has 1 N–H and O–H groups in total. The molecule has 1 aromatic rings. The van der Waals surface area contributed by atoms with E-state index in [0.717, 1.165) is 0 Å². The number of rotatable bonds is 5. The summed E-state index contributed by atoms with van der Waals surface area (Å²) in [5.41, 5.74) is 0.668. The summed E-state index contributed by atoms with van der Waals surface area (Å²) < 4.78 is 18.0. The summed E-state index contributed by atoms with van der Waals surface area (Å²) in [6, 6.07) is 4.34.